The molecule has 4 aromatic rings. The fourth-order valence-corrected chi connectivity index (χ4v) is 3.66. The largest absolute Gasteiger partial charge is 0.298 e. The molecule has 3 aromatic heterocycles. The molecule has 28 heavy (non-hydrogen) atoms. The first kappa shape index (κ1) is 18.0. The summed E-state index contributed by atoms with van der Waals surface area (Å²) < 4.78 is 14.5. The van der Waals surface area contributed by atoms with E-state index in [-0.39, 0.29) is 11.4 Å². The van der Waals surface area contributed by atoms with Crippen LogP contribution in [0.3, 0.4) is 0 Å². The van der Waals surface area contributed by atoms with Crippen molar-refractivity contribution in [3.8, 4) is 11.3 Å². The number of nitrogens with one attached hydrogen (secondary N) is 1. The summed E-state index contributed by atoms with van der Waals surface area (Å²) in [6.07, 6.45) is 2.91. The maximum absolute atomic E-state index is 13.1. The first-order chi connectivity index (χ1) is 13.4. The Kier molecular flexibility index (Phi) is 4.48. The van der Waals surface area contributed by atoms with E-state index in [2.05, 4.69) is 15.3 Å². The Labute approximate surface area is 163 Å². The van der Waals surface area contributed by atoms with E-state index >= 15 is 0 Å². The van der Waals surface area contributed by atoms with Gasteiger partial charge in [-0.3, -0.25) is 19.3 Å². The van der Waals surface area contributed by atoms with Gasteiger partial charge in [0.2, 0.25) is 0 Å². The van der Waals surface area contributed by atoms with Gasteiger partial charge in [-0.1, -0.05) is 6.07 Å². The minimum absolute atomic E-state index is 0.0701. The zero-order valence-electron chi connectivity index (χ0n) is 15.1. The van der Waals surface area contributed by atoms with Crippen LogP contribution in [0.4, 0.5) is 9.52 Å². The number of aryl methyl sites for hydroxylation is 2. The highest BCUT2D eigenvalue weighted by Crippen LogP contribution is 2.30. The molecule has 0 unspecified atom stereocenters. The molecule has 1 N–H and O–H groups in total. The van der Waals surface area contributed by atoms with Crippen LogP contribution in [0, 0.1) is 19.7 Å². The molecule has 1 amide bonds. The van der Waals surface area contributed by atoms with Gasteiger partial charge in [-0.25, -0.2) is 14.4 Å². The summed E-state index contributed by atoms with van der Waals surface area (Å²) in [5, 5.41) is 3.02. The van der Waals surface area contributed by atoms with Gasteiger partial charge in [0.1, 0.15) is 17.0 Å². The van der Waals surface area contributed by atoms with Crippen molar-refractivity contribution in [2.75, 3.05) is 5.32 Å². The van der Waals surface area contributed by atoms with Crippen LogP contribution >= 0.6 is 11.3 Å². The number of rotatable bonds is 3. The predicted molar refractivity (Wildman–Crippen MR) is 106 cm³/mol. The van der Waals surface area contributed by atoms with Crippen LogP contribution in [0.15, 0.2) is 53.6 Å². The van der Waals surface area contributed by atoms with E-state index in [9.17, 15) is 14.0 Å². The molecular weight excluding hydrogens is 379 g/mol. The molecule has 0 aliphatic carbocycles. The lowest BCUT2D eigenvalue weighted by Gasteiger charge is -2.05. The molecule has 0 spiro atoms. The molecule has 140 valence electrons. The van der Waals surface area contributed by atoms with Crippen LogP contribution in [0.2, 0.25) is 0 Å². The van der Waals surface area contributed by atoms with Crippen molar-refractivity contribution in [3.05, 3.63) is 81.0 Å². The van der Waals surface area contributed by atoms with Gasteiger partial charge in [-0.05, 0) is 49.7 Å². The number of fused-ring (bicyclic) bond motifs is 1. The molecule has 3 heterocycles. The van der Waals surface area contributed by atoms with Crippen molar-refractivity contribution in [1.82, 2.24) is 14.4 Å². The molecule has 6 nitrogen and oxygen atoms in total. The van der Waals surface area contributed by atoms with Crippen LogP contribution in [-0.4, -0.2) is 20.3 Å². The van der Waals surface area contributed by atoms with Gasteiger partial charge in [0, 0.05) is 22.8 Å². The van der Waals surface area contributed by atoms with Crippen molar-refractivity contribution < 1.29 is 9.18 Å². The Morgan fingerprint density at radius 1 is 1.14 bits per heavy atom. The SMILES string of the molecule is Cc1ccc2ncc(C(=O)Nc3nc(-c4ccc(F)cc4)c(C)s3)c(=O)n2c1. The van der Waals surface area contributed by atoms with Crippen LogP contribution in [-0.2, 0) is 0 Å². The minimum atomic E-state index is -0.576. The second-order valence-electron chi connectivity index (χ2n) is 6.30. The van der Waals surface area contributed by atoms with Crippen LogP contribution in [0.5, 0.6) is 0 Å². The van der Waals surface area contributed by atoms with Gasteiger partial charge < -0.3 is 0 Å². The summed E-state index contributed by atoms with van der Waals surface area (Å²) in [5.74, 6) is -0.905. The molecule has 0 saturated heterocycles. The third kappa shape index (κ3) is 3.29. The molecule has 8 heteroatoms. The van der Waals surface area contributed by atoms with Crippen LogP contribution < -0.4 is 10.9 Å². The topological polar surface area (TPSA) is 76.4 Å². The predicted octanol–water partition coefficient (Wildman–Crippen LogP) is 3.83. The van der Waals surface area contributed by atoms with E-state index in [0.717, 1.165) is 16.0 Å². The summed E-state index contributed by atoms with van der Waals surface area (Å²) in [7, 11) is 0. The smallest absolute Gasteiger partial charge is 0.270 e. The average Bonchev–Trinajstić information content (AvgIpc) is 3.03. The summed E-state index contributed by atoms with van der Waals surface area (Å²) in [6, 6.07) is 9.54. The molecular formula is C20H15FN4O2S. The van der Waals surface area contributed by atoms with Crippen molar-refractivity contribution in [1.29, 1.82) is 0 Å². The van der Waals surface area contributed by atoms with E-state index in [4.69, 9.17) is 0 Å². The summed E-state index contributed by atoms with van der Waals surface area (Å²) in [4.78, 5) is 34.7. The van der Waals surface area contributed by atoms with Crippen LogP contribution in [0.1, 0.15) is 20.8 Å². The third-order valence-corrected chi connectivity index (χ3v) is 5.12. The highest BCUT2D eigenvalue weighted by molar-refractivity contribution is 7.16. The Hall–Kier alpha value is -3.39. The number of anilines is 1. The lowest BCUT2D eigenvalue weighted by molar-refractivity contribution is 0.102. The third-order valence-electron chi connectivity index (χ3n) is 4.23. The zero-order chi connectivity index (χ0) is 19.8. The molecule has 0 radical (unpaired) electrons. The molecule has 4 rings (SSSR count). The second kappa shape index (κ2) is 6.97. The molecule has 0 saturated carbocycles. The van der Waals surface area contributed by atoms with Gasteiger partial charge in [-0.2, -0.15) is 0 Å². The van der Waals surface area contributed by atoms with Gasteiger partial charge in [0.25, 0.3) is 11.5 Å². The summed E-state index contributed by atoms with van der Waals surface area (Å²) >= 11 is 1.28. The van der Waals surface area contributed by atoms with Crippen molar-refractivity contribution in [2.45, 2.75) is 13.8 Å². The minimum Gasteiger partial charge on any atom is -0.298 e. The second-order valence-corrected chi connectivity index (χ2v) is 7.50. The maximum atomic E-state index is 13.1. The maximum Gasteiger partial charge on any atom is 0.270 e. The van der Waals surface area contributed by atoms with E-state index in [0.29, 0.717) is 16.5 Å². The summed E-state index contributed by atoms with van der Waals surface area (Å²) in [6.45, 7) is 3.72. The van der Waals surface area contributed by atoms with Gasteiger partial charge in [0.15, 0.2) is 5.13 Å². The molecule has 1 aromatic carbocycles. The number of nitrogens with zero attached hydrogens (tertiary/aromatic N) is 3. The lowest BCUT2D eigenvalue weighted by atomic mass is 10.1. The monoisotopic (exact) mass is 394 g/mol. The lowest BCUT2D eigenvalue weighted by Crippen LogP contribution is -2.26. The van der Waals surface area contributed by atoms with Gasteiger partial charge in [-0.15, -0.1) is 11.3 Å². The highest BCUT2D eigenvalue weighted by Gasteiger charge is 2.17. The number of benzene rings is 1. The number of hydrogen-bond donors (Lipinski definition) is 1. The van der Waals surface area contributed by atoms with E-state index in [1.54, 1.807) is 24.4 Å². The summed E-state index contributed by atoms with van der Waals surface area (Å²) in [5.41, 5.74) is 2.24. The van der Waals surface area contributed by atoms with E-state index in [1.807, 2.05) is 19.9 Å². The fourth-order valence-electron chi connectivity index (χ4n) is 2.83. The standard InChI is InChI=1S/C20H15FN4O2S/c1-11-3-8-16-22-9-15(19(27)25(16)10-11)18(26)24-20-23-17(12(2)28-20)13-4-6-14(21)7-5-13/h3-10H,1-2H3,(H,23,24,26). The number of pyridine rings is 1. The Bertz CT molecular complexity index is 1260. The Morgan fingerprint density at radius 3 is 2.64 bits per heavy atom. The number of carbonyl (C=O) groups is 1. The van der Waals surface area contributed by atoms with E-state index < -0.39 is 11.5 Å². The fraction of sp³-hybridized carbons (Fsp3) is 0.100. The van der Waals surface area contributed by atoms with Crippen molar-refractivity contribution in [3.63, 3.8) is 0 Å². The molecule has 0 fully saturated rings. The van der Waals surface area contributed by atoms with Crippen LogP contribution in [0.25, 0.3) is 16.9 Å². The van der Waals surface area contributed by atoms with Gasteiger partial charge >= 0.3 is 0 Å². The first-order valence-electron chi connectivity index (χ1n) is 8.45. The Morgan fingerprint density at radius 2 is 1.89 bits per heavy atom. The first-order valence-corrected chi connectivity index (χ1v) is 9.27. The van der Waals surface area contributed by atoms with Gasteiger partial charge in [0.05, 0.1) is 5.69 Å². The van der Waals surface area contributed by atoms with E-state index in [1.165, 1.54) is 34.1 Å². The number of aromatic nitrogens is 3. The molecule has 0 aliphatic heterocycles. The van der Waals surface area contributed by atoms with Crippen molar-refractivity contribution >= 4 is 28.0 Å². The number of amides is 1. The highest BCUT2D eigenvalue weighted by atomic mass is 32.1. The zero-order valence-corrected chi connectivity index (χ0v) is 15.9. The number of thiazole rings is 1. The number of carbonyl (C=O) groups excluding carboxylic acids is 1. The number of halogens is 1. The molecule has 0 atom stereocenters. The van der Waals surface area contributed by atoms with Crippen molar-refractivity contribution in [2.24, 2.45) is 0 Å². The quantitative estimate of drug-likeness (QED) is 0.573. The molecule has 0 bridgehead atoms. The molecule has 0 aliphatic rings. The number of hydrogen-bond acceptors (Lipinski definition) is 5. The Balaban J connectivity index is 1.65. The normalized spacial score (nSPS) is 11.0. The average molecular weight is 394 g/mol.